The summed E-state index contributed by atoms with van der Waals surface area (Å²) in [4.78, 5) is 10.2. The van der Waals surface area contributed by atoms with Gasteiger partial charge in [0, 0.05) is 11.8 Å². The predicted octanol–water partition coefficient (Wildman–Crippen LogP) is 1.24. The van der Waals surface area contributed by atoms with Gasteiger partial charge in [-0.1, -0.05) is 11.6 Å². The summed E-state index contributed by atoms with van der Waals surface area (Å²) in [5.41, 5.74) is -0.100. The summed E-state index contributed by atoms with van der Waals surface area (Å²) in [7, 11) is 0. The minimum Gasteiger partial charge on any atom is -0.478 e. The van der Waals surface area contributed by atoms with Crippen molar-refractivity contribution in [3.63, 3.8) is 0 Å². The maximum atomic E-state index is 10.2. The van der Waals surface area contributed by atoms with Gasteiger partial charge in [0.15, 0.2) is 5.15 Å². The number of halogens is 2. The first kappa shape index (κ1) is 7.37. The predicted molar refractivity (Wildman–Crippen MR) is 35.4 cm³/mol. The highest BCUT2D eigenvalue weighted by atomic mass is 35.5. The van der Waals surface area contributed by atoms with Crippen LogP contribution in [-0.4, -0.2) is 20.4 Å². The Hall–Kier alpha value is -0.740. The molecule has 10 heavy (non-hydrogen) atoms. The Kier molecular flexibility index (Phi) is 1.82. The first-order chi connectivity index (χ1) is 4.61. The molecule has 0 saturated heterocycles. The van der Waals surface area contributed by atoms with Crippen molar-refractivity contribution in [2.75, 3.05) is 0 Å². The topological polar surface area (TPSA) is 55.1 Å². The van der Waals surface area contributed by atoms with Crippen LogP contribution in [0.1, 0.15) is 10.4 Å². The molecular formula is C4H2Cl2N2O2. The van der Waals surface area contributed by atoms with Crippen LogP contribution in [0, 0.1) is 0 Å². The zero-order valence-electron chi connectivity index (χ0n) is 4.58. The van der Waals surface area contributed by atoms with E-state index in [1.807, 2.05) is 0 Å². The third-order valence-corrected chi connectivity index (χ3v) is 1.32. The van der Waals surface area contributed by atoms with Gasteiger partial charge in [-0.25, -0.2) is 4.79 Å². The Morgan fingerprint density at radius 2 is 2.40 bits per heavy atom. The zero-order valence-corrected chi connectivity index (χ0v) is 6.10. The molecule has 0 radical (unpaired) electrons. The van der Waals surface area contributed by atoms with Crippen molar-refractivity contribution < 1.29 is 9.90 Å². The molecule has 1 heterocycles. The number of carboxylic acid groups (broad SMARTS) is 1. The summed E-state index contributed by atoms with van der Waals surface area (Å²) < 4.78 is 0.825. The first-order valence-electron chi connectivity index (χ1n) is 2.26. The van der Waals surface area contributed by atoms with Crippen LogP contribution in [0.2, 0.25) is 5.15 Å². The van der Waals surface area contributed by atoms with E-state index in [-0.39, 0.29) is 10.7 Å². The lowest BCUT2D eigenvalue weighted by Gasteiger charge is -1.82. The van der Waals surface area contributed by atoms with E-state index in [2.05, 4.69) is 5.10 Å². The molecule has 1 aromatic heterocycles. The number of aromatic nitrogens is 2. The monoisotopic (exact) mass is 180 g/mol. The second-order valence-electron chi connectivity index (χ2n) is 1.53. The van der Waals surface area contributed by atoms with E-state index in [1.165, 1.54) is 0 Å². The second-order valence-corrected chi connectivity index (χ2v) is 2.23. The third kappa shape index (κ3) is 1.22. The molecule has 6 heteroatoms. The van der Waals surface area contributed by atoms with E-state index in [4.69, 9.17) is 28.5 Å². The molecule has 0 aliphatic carbocycles. The number of carboxylic acids is 1. The molecule has 1 rings (SSSR count). The smallest absolute Gasteiger partial charge is 0.340 e. The third-order valence-electron chi connectivity index (χ3n) is 0.872. The van der Waals surface area contributed by atoms with Gasteiger partial charge in [0.1, 0.15) is 5.56 Å². The minimum absolute atomic E-state index is 0.100. The van der Waals surface area contributed by atoms with Gasteiger partial charge in [-0.3, -0.25) is 0 Å². The molecule has 54 valence electrons. The summed E-state index contributed by atoms with van der Waals surface area (Å²) in [6.07, 6.45) is 1.12. The van der Waals surface area contributed by atoms with Gasteiger partial charge in [0.05, 0.1) is 6.20 Å². The molecule has 0 amide bonds. The fraction of sp³-hybridized carbons (Fsp3) is 0. The maximum absolute atomic E-state index is 10.2. The average Bonchev–Trinajstić information content (AvgIpc) is 2.10. The van der Waals surface area contributed by atoms with Gasteiger partial charge in [-0.2, -0.15) is 4.20 Å². The van der Waals surface area contributed by atoms with Crippen LogP contribution < -0.4 is 0 Å². The van der Waals surface area contributed by atoms with Crippen molar-refractivity contribution in [1.29, 1.82) is 0 Å². The molecule has 1 aromatic rings. The molecule has 0 bridgehead atoms. The van der Waals surface area contributed by atoms with Crippen molar-refractivity contribution in [2.24, 2.45) is 0 Å². The number of aromatic carboxylic acids is 1. The molecule has 4 nitrogen and oxygen atoms in total. The van der Waals surface area contributed by atoms with E-state index in [9.17, 15) is 4.79 Å². The summed E-state index contributed by atoms with van der Waals surface area (Å²) >= 11 is 10.6. The maximum Gasteiger partial charge on any atom is 0.340 e. The number of nitrogens with zero attached hydrogens (tertiary/aromatic N) is 2. The highest BCUT2D eigenvalue weighted by Crippen LogP contribution is 2.12. The Balaban J connectivity index is 3.15. The minimum atomic E-state index is -1.14. The average molecular weight is 181 g/mol. The van der Waals surface area contributed by atoms with Crippen LogP contribution in [0.25, 0.3) is 0 Å². The fourth-order valence-electron chi connectivity index (χ4n) is 0.470. The van der Waals surface area contributed by atoms with Crippen molar-refractivity contribution >= 4 is 29.3 Å². The molecule has 0 aromatic carbocycles. The lowest BCUT2D eigenvalue weighted by molar-refractivity contribution is 0.0697. The molecule has 1 N–H and O–H groups in total. The lowest BCUT2D eigenvalue weighted by atomic mass is 10.4. The summed E-state index contributed by atoms with van der Waals surface area (Å²) in [5, 5.41) is 11.7. The second kappa shape index (κ2) is 2.48. The standard InChI is InChI=1S/C4H2Cl2N2O2/c5-3-2(4(9)10)1-8(6)7-3/h1H,(H,9,10). The number of rotatable bonds is 1. The van der Waals surface area contributed by atoms with Crippen molar-refractivity contribution in [1.82, 2.24) is 9.30 Å². The highest BCUT2D eigenvalue weighted by molar-refractivity contribution is 6.32. The van der Waals surface area contributed by atoms with Crippen LogP contribution in [0.5, 0.6) is 0 Å². The first-order valence-corrected chi connectivity index (χ1v) is 2.97. The van der Waals surface area contributed by atoms with E-state index < -0.39 is 5.97 Å². The van der Waals surface area contributed by atoms with Gasteiger partial charge in [0.2, 0.25) is 0 Å². The molecule has 0 fully saturated rings. The lowest BCUT2D eigenvalue weighted by Crippen LogP contribution is -1.93. The van der Waals surface area contributed by atoms with Crippen molar-refractivity contribution in [2.45, 2.75) is 0 Å². The van der Waals surface area contributed by atoms with Crippen LogP contribution >= 0.6 is 23.4 Å². The molecule has 0 saturated carbocycles. The molecule has 0 aliphatic rings. The zero-order chi connectivity index (χ0) is 7.72. The summed E-state index contributed by atoms with van der Waals surface area (Å²) in [6, 6.07) is 0. The highest BCUT2D eigenvalue weighted by Gasteiger charge is 2.12. The quantitative estimate of drug-likeness (QED) is 0.708. The van der Waals surface area contributed by atoms with Crippen molar-refractivity contribution in [3.05, 3.63) is 16.9 Å². The SMILES string of the molecule is O=C(O)c1cn(Cl)nc1Cl. The van der Waals surface area contributed by atoms with Crippen molar-refractivity contribution in [3.8, 4) is 0 Å². The molecule has 0 aliphatic heterocycles. The summed E-state index contributed by atoms with van der Waals surface area (Å²) in [6.45, 7) is 0. The van der Waals surface area contributed by atoms with E-state index in [0.29, 0.717) is 0 Å². The Morgan fingerprint density at radius 3 is 2.60 bits per heavy atom. The number of hydrogen-bond donors (Lipinski definition) is 1. The van der Waals surface area contributed by atoms with Gasteiger partial charge >= 0.3 is 5.97 Å². The van der Waals surface area contributed by atoms with E-state index >= 15 is 0 Å². The van der Waals surface area contributed by atoms with Gasteiger partial charge in [0.25, 0.3) is 0 Å². The fourth-order valence-corrected chi connectivity index (χ4v) is 0.893. The molecule has 0 spiro atoms. The van der Waals surface area contributed by atoms with Crippen LogP contribution in [0.3, 0.4) is 0 Å². The van der Waals surface area contributed by atoms with E-state index in [1.54, 1.807) is 0 Å². The Labute approximate surface area is 66.1 Å². The normalized spacial score (nSPS) is 9.80. The van der Waals surface area contributed by atoms with Gasteiger partial charge < -0.3 is 5.11 Å². The van der Waals surface area contributed by atoms with Crippen LogP contribution in [0.4, 0.5) is 0 Å². The van der Waals surface area contributed by atoms with E-state index in [0.717, 1.165) is 10.4 Å². The largest absolute Gasteiger partial charge is 0.478 e. The molecular weight excluding hydrogens is 179 g/mol. The summed E-state index contributed by atoms with van der Waals surface area (Å²) in [5.74, 6) is -1.14. The van der Waals surface area contributed by atoms with Gasteiger partial charge in [-0.15, -0.1) is 5.10 Å². The van der Waals surface area contributed by atoms with Crippen LogP contribution in [0.15, 0.2) is 6.20 Å². The number of carbonyl (C=O) groups is 1. The Morgan fingerprint density at radius 1 is 1.80 bits per heavy atom. The van der Waals surface area contributed by atoms with Crippen LogP contribution in [-0.2, 0) is 0 Å². The molecule has 0 unspecified atom stereocenters. The molecule has 0 atom stereocenters. The number of hydrogen-bond acceptors (Lipinski definition) is 2. The Bertz CT molecular complexity index is 270. The van der Waals surface area contributed by atoms with Gasteiger partial charge in [-0.05, 0) is 0 Å².